The number of nitrogens with two attached hydrogens (primary N) is 2. The van der Waals surface area contributed by atoms with Crippen molar-refractivity contribution in [1.29, 1.82) is 0 Å². The molecule has 0 bridgehead atoms. The van der Waals surface area contributed by atoms with Gasteiger partial charge in [-0.25, -0.2) is 5.84 Å². The average Bonchev–Trinajstić information content (AvgIpc) is 2.28. The minimum Gasteiger partial charge on any atom is -0.369 e. The van der Waals surface area contributed by atoms with Crippen molar-refractivity contribution in [3.8, 4) is 0 Å². The fourth-order valence-corrected chi connectivity index (χ4v) is 1.48. The fraction of sp³-hybridized carbons (Fsp3) is 0.273. The molecule has 6 heteroatoms. The van der Waals surface area contributed by atoms with Crippen LogP contribution in [-0.4, -0.2) is 30.3 Å². The van der Waals surface area contributed by atoms with Crippen LogP contribution in [0.5, 0.6) is 0 Å². The minimum absolute atomic E-state index is 0.199. The van der Waals surface area contributed by atoms with E-state index in [1.54, 1.807) is 24.1 Å². The van der Waals surface area contributed by atoms with Crippen LogP contribution in [0.3, 0.4) is 0 Å². The van der Waals surface area contributed by atoms with Gasteiger partial charge in [-0.05, 0) is 24.7 Å². The zero-order valence-electron chi connectivity index (χ0n) is 9.64. The molecule has 0 radical (unpaired) electrons. The Morgan fingerprint density at radius 3 is 2.35 bits per heavy atom. The van der Waals surface area contributed by atoms with Crippen molar-refractivity contribution in [2.75, 3.05) is 13.6 Å². The number of likely N-dealkylation sites (N-methyl/N-ethyl adjacent to an activating group) is 1. The first-order valence-corrected chi connectivity index (χ1v) is 5.09. The molecule has 1 aromatic rings. The Labute approximate surface area is 99.5 Å². The number of nitrogen functional groups attached to an aromatic ring is 1. The summed E-state index contributed by atoms with van der Waals surface area (Å²) in [5, 5.41) is 0. The van der Waals surface area contributed by atoms with E-state index in [2.05, 4.69) is 5.43 Å². The minimum atomic E-state index is -0.369. The first-order valence-electron chi connectivity index (χ1n) is 5.09. The highest BCUT2D eigenvalue weighted by Crippen LogP contribution is 2.06. The van der Waals surface area contributed by atoms with Crippen LogP contribution in [0, 0.1) is 0 Å². The second-order valence-electron chi connectivity index (χ2n) is 3.81. The quantitative estimate of drug-likeness (QED) is 0.354. The van der Waals surface area contributed by atoms with Crippen molar-refractivity contribution in [1.82, 2.24) is 10.3 Å². The van der Waals surface area contributed by atoms with Crippen LogP contribution in [0.25, 0.3) is 0 Å². The maximum Gasteiger partial charge on any atom is 0.265 e. The number of nitrogens with one attached hydrogen (secondary N) is 1. The number of carbonyl (C=O) groups excluding carboxylic acids is 2. The van der Waals surface area contributed by atoms with Gasteiger partial charge < -0.3 is 5.73 Å². The van der Waals surface area contributed by atoms with Crippen LogP contribution in [0.4, 0.5) is 0 Å². The molecular formula is C11H16N4O2. The Morgan fingerprint density at radius 2 is 1.88 bits per heavy atom. The summed E-state index contributed by atoms with van der Waals surface area (Å²) >= 11 is 0. The number of primary amides is 1. The lowest BCUT2D eigenvalue weighted by Gasteiger charge is -2.14. The molecule has 92 valence electrons. The highest BCUT2D eigenvalue weighted by atomic mass is 16.2. The van der Waals surface area contributed by atoms with Crippen LogP contribution < -0.4 is 17.0 Å². The maximum absolute atomic E-state index is 11.2. The molecule has 6 nitrogen and oxygen atoms in total. The van der Waals surface area contributed by atoms with Crippen LogP contribution in [0.1, 0.15) is 15.9 Å². The fourth-order valence-electron chi connectivity index (χ4n) is 1.48. The number of benzene rings is 1. The summed E-state index contributed by atoms with van der Waals surface area (Å²) in [5.41, 5.74) is 8.62. The zero-order chi connectivity index (χ0) is 12.8. The summed E-state index contributed by atoms with van der Waals surface area (Å²) in [4.78, 5) is 23.7. The molecule has 0 fully saturated rings. The second kappa shape index (κ2) is 5.97. The molecule has 0 spiro atoms. The van der Waals surface area contributed by atoms with Crippen molar-refractivity contribution in [2.45, 2.75) is 6.54 Å². The van der Waals surface area contributed by atoms with E-state index < -0.39 is 0 Å². The average molecular weight is 236 g/mol. The molecule has 0 saturated heterocycles. The lowest BCUT2D eigenvalue weighted by molar-refractivity contribution is -0.118. The third kappa shape index (κ3) is 4.21. The Morgan fingerprint density at radius 1 is 1.29 bits per heavy atom. The molecule has 0 aliphatic rings. The van der Waals surface area contributed by atoms with Gasteiger partial charge in [-0.3, -0.25) is 19.9 Å². The van der Waals surface area contributed by atoms with Crippen LogP contribution in [-0.2, 0) is 11.3 Å². The first kappa shape index (κ1) is 13.1. The third-order valence-electron chi connectivity index (χ3n) is 2.23. The number of rotatable bonds is 5. The zero-order valence-corrected chi connectivity index (χ0v) is 9.64. The van der Waals surface area contributed by atoms with E-state index in [0.717, 1.165) is 5.56 Å². The van der Waals surface area contributed by atoms with E-state index in [-0.39, 0.29) is 18.4 Å². The van der Waals surface area contributed by atoms with Crippen LogP contribution in [0.15, 0.2) is 24.3 Å². The van der Waals surface area contributed by atoms with Gasteiger partial charge in [-0.2, -0.15) is 0 Å². The van der Waals surface area contributed by atoms with Gasteiger partial charge in [0.15, 0.2) is 0 Å². The third-order valence-corrected chi connectivity index (χ3v) is 2.23. The van der Waals surface area contributed by atoms with Crippen molar-refractivity contribution in [3.05, 3.63) is 35.4 Å². The largest absolute Gasteiger partial charge is 0.369 e. The predicted molar refractivity (Wildman–Crippen MR) is 63.6 cm³/mol. The normalized spacial score (nSPS) is 10.3. The summed E-state index contributed by atoms with van der Waals surface area (Å²) < 4.78 is 0. The summed E-state index contributed by atoms with van der Waals surface area (Å²) in [6.45, 7) is 0.790. The van der Waals surface area contributed by atoms with E-state index in [0.29, 0.717) is 12.1 Å². The molecule has 0 atom stereocenters. The van der Waals surface area contributed by atoms with Crippen molar-refractivity contribution >= 4 is 11.8 Å². The lowest BCUT2D eigenvalue weighted by Crippen LogP contribution is -2.30. The van der Waals surface area contributed by atoms with Gasteiger partial charge >= 0.3 is 0 Å². The Hall–Kier alpha value is -1.92. The van der Waals surface area contributed by atoms with E-state index in [1.807, 2.05) is 12.1 Å². The first-order chi connectivity index (χ1) is 8.02. The van der Waals surface area contributed by atoms with E-state index in [9.17, 15) is 9.59 Å². The number of amides is 2. The summed E-state index contributed by atoms with van der Waals surface area (Å²) in [6.07, 6.45) is 0. The molecule has 0 aliphatic heterocycles. The number of hydrogen-bond acceptors (Lipinski definition) is 4. The second-order valence-corrected chi connectivity index (χ2v) is 3.81. The molecule has 2 amide bonds. The van der Waals surface area contributed by atoms with E-state index in [4.69, 9.17) is 11.6 Å². The van der Waals surface area contributed by atoms with Crippen LogP contribution in [0.2, 0.25) is 0 Å². The Bertz CT molecular complexity index is 402. The molecule has 1 rings (SSSR count). The summed E-state index contributed by atoms with van der Waals surface area (Å²) in [7, 11) is 1.80. The van der Waals surface area contributed by atoms with E-state index >= 15 is 0 Å². The van der Waals surface area contributed by atoms with Gasteiger partial charge in [-0.15, -0.1) is 0 Å². The standard InChI is InChI=1S/C11H16N4O2/c1-15(7-10(12)16)6-8-2-4-9(5-3-8)11(17)14-13/h2-5H,6-7,13H2,1H3,(H2,12,16)(H,14,17). The van der Waals surface area contributed by atoms with Gasteiger partial charge in [0.25, 0.3) is 5.91 Å². The SMILES string of the molecule is CN(CC(N)=O)Cc1ccc(C(=O)NN)cc1. The van der Waals surface area contributed by atoms with Gasteiger partial charge in [-0.1, -0.05) is 12.1 Å². The molecule has 0 unspecified atom stereocenters. The molecule has 0 aliphatic carbocycles. The molecule has 5 N–H and O–H groups in total. The predicted octanol–water partition coefficient (Wildman–Crippen LogP) is -0.793. The number of hydrazine groups is 1. The molecule has 0 saturated carbocycles. The molecule has 0 aromatic heterocycles. The molecular weight excluding hydrogens is 220 g/mol. The number of carbonyl (C=O) groups is 2. The number of nitrogens with zero attached hydrogens (tertiary/aromatic N) is 1. The Balaban J connectivity index is 2.62. The molecule has 17 heavy (non-hydrogen) atoms. The van der Waals surface area contributed by atoms with Crippen molar-refractivity contribution < 1.29 is 9.59 Å². The monoisotopic (exact) mass is 236 g/mol. The topological polar surface area (TPSA) is 101 Å². The van der Waals surface area contributed by atoms with Gasteiger partial charge in [0.1, 0.15) is 0 Å². The molecule has 0 heterocycles. The van der Waals surface area contributed by atoms with Crippen LogP contribution >= 0.6 is 0 Å². The van der Waals surface area contributed by atoms with Gasteiger partial charge in [0, 0.05) is 12.1 Å². The summed E-state index contributed by atoms with van der Waals surface area (Å²) in [6, 6.07) is 6.97. The van der Waals surface area contributed by atoms with Gasteiger partial charge in [0.2, 0.25) is 5.91 Å². The Kier molecular flexibility index (Phi) is 4.62. The van der Waals surface area contributed by atoms with Crippen molar-refractivity contribution in [3.63, 3.8) is 0 Å². The highest BCUT2D eigenvalue weighted by Gasteiger charge is 2.05. The van der Waals surface area contributed by atoms with E-state index in [1.165, 1.54) is 0 Å². The van der Waals surface area contributed by atoms with Crippen molar-refractivity contribution in [2.24, 2.45) is 11.6 Å². The molecule has 1 aromatic carbocycles. The smallest absolute Gasteiger partial charge is 0.265 e. The number of hydrogen-bond donors (Lipinski definition) is 3. The highest BCUT2D eigenvalue weighted by molar-refractivity contribution is 5.93. The summed E-state index contributed by atoms with van der Waals surface area (Å²) in [5.74, 6) is 4.32. The van der Waals surface area contributed by atoms with Gasteiger partial charge in [0.05, 0.1) is 6.54 Å². The maximum atomic E-state index is 11.2. The lowest BCUT2D eigenvalue weighted by atomic mass is 10.1.